The Labute approximate surface area is 169 Å². The van der Waals surface area contributed by atoms with E-state index >= 15 is 0 Å². The SMILES string of the molecule is Cn1c(SCC(=O)NN2C(=O)NC3(CCCCC3)C2=O)nnc1-c1cccs1. The number of aromatic nitrogens is 3. The lowest BCUT2D eigenvalue weighted by Gasteiger charge is -2.30. The van der Waals surface area contributed by atoms with E-state index < -0.39 is 17.5 Å². The number of hydrogen-bond acceptors (Lipinski definition) is 7. The molecule has 2 aromatic rings. The van der Waals surface area contributed by atoms with Gasteiger partial charge in [-0.05, 0) is 24.3 Å². The van der Waals surface area contributed by atoms with Crippen molar-refractivity contribution in [3.63, 3.8) is 0 Å². The summed E-state index contributed by atoms with van der Waals surface area (Å²) >= 11 is 2.76. The Hall–Kier alpha value is -2.40. The summed E-state index contributed by atoms with van der Waals surface area (Å²) in [5, 5.41) is 14.4. The second kappa shape index (κ2) is 7.55. The quantitative estimate of drug-likeness (QED) is 0.565. The molecule has 2 fully saturated rings. The van der Waals surface area contributed by atoms with Gasteiger partial charge in [0, 0.05) is 7.05 Å². The third kappa shape index (κ3) is 3.39. The zero-order chi connectivity index (χ0) is 19.7. The first-order valence-electron chi connectivity index (χ1n) is 9.02. The van der Waals surface area contributed by atoms with Gasteiger partial charge in [-0.25, -0.2) is 4.79 Å². The molecule has 1 spiro atoms. The minimum absolute atomic E-state index is 0.0144. The van der Waals surface area contributed by atoms with Gasteiger partial charge in [-0.2, -0.15) is 5.01 Å². The van der Waals surface area contributed by atoms with Crippen LogP contribution in [0.3, 0.4) is 0 Å². The molecule has 0 aromatic carbocycles. The summed E-state index contributed by atoms with van der Waals surface area (Å²) in [6.45, 7) is 0. The second-order valence-corrected chi connectivity index (χ2v) is 8.77. The monoisotopic (exact) mass is 420 g/mol. The summed E-state index contributed by atoms with van der Waals surface area (Å²) in [5.74, 6) is -0.0667. The van der Waals surface area contributed by atoms with Crippen molar-refractivity contribution in [2.45, 2.75) is 42.8 Å². The summed E-state index contributed by atoms with van der Waals surface area (Å²) in [6, 6.07) is 3.32. The van der Waals surface area contributed by atoms with Crippen LogP contribution >= 0.6 is 23.1 Å². The maximum absolute atomic E-state index is 12.7. The Morgan fingerprint density at radius 1 is 1.32 bits per heavy atom. The molecule has 4 rings (SSSR count). The number of thiophene rings is 1. The number of hydrogen-bond donors (Lipinski definition) is 2. The van der Waals surface area contributed by atoms with E-state index in [2.05, 4.69) is 20.9 Å². The molecule has 1 aliphatic carbocycles. The molecule has 3 heterocycles. The van der Waals surface area contributed by atoms with Crippen molar-refractivity contribution in [2.75, 3.05) is 5.75 Å². The minimum Gasteiger partial charge on any atom is -0.322 e. The van der Waals surface area contributed by atoms with Crippen molar-refractivity contribution in [1.29, 1.82) is 0 Å². The molecule has 28 heavy (non-hydrogen) atoms. The third-order valence-electron chi connectivity index (χ3n) is 5.01. The number of hydrazine groups is 1. The summed E-state index contributed by atoms with van der Waals surface area (Å²) in [4.78, 5) is 38.2. The fraction of sp³-hybridized carbons (Fsp3) is 0.471. The first-order chi connectivity index (χ1) is 13.5. The molecule has 1 aliphatic heterocycles. The van der Waals surface area contributed by atoms with Gasteiger partial charge in [-0.3, -0.25) is 15.0 Å². The van der Waals surface area contributed by atoms with Crippen LogP contribution in [-0.4, -0.2) is 48.9 Å². The Morgan fingerprint density at radius 2 is 2.11 bits per heavy atom. The van der Waals surface area contributed by atoms with Crippen LogP contribution in [0.25, 0.3) is 10.7 Å². The fourth-order valence-electron chi connectivity index (χ4n) is 3.56. The molecular formula is C17H20N6O3S2. The van der Waals surface area contributed by atoms with Crippen LogP contribution in [0.15, 0.2) is 22.7 Å². The lowest BCUT2D eigenvalue weighted by molar-refractivity contribution is -0.139. The van der Waals surface area contributed by atoms with Crippen molar-refractivity contribution < 1.29 is 14.4 Å². The van der Waals surface area contributed by atoms with Gasteiger partial charge in [-0.1, -0.05) is 37.1 Å². The molecule has 2 aromatic heterocycles. The predicted molar refractivity (Wildman–Crippen MR) is 104 cm³/mol. The van der Waals surface area contributed by atoms with Crippen molar-refractivity contribution in [1.82, 2.24) is 30.5 Å². The van der Waals surface area contributed by atoms with E-state index in [1.807, 2.05) is 29.1 Å². The number of carbonyl (C=O) groups is 3. The highest BCUT2D eigenvalue weighted by Gasteiger charge is 2.52. The van der Waals surface area contributed by atoms with E-state index in [0.29, 0.717) is 18.0 Å². The maximum Gasteiger partial charge on any atom is 0.344 e. The highest BCUT2D eigenvalue weighted by atomic mass is 32.2. The molecule has 0 atom stereocenters. The Morgan fingerprint density at radius 3 is 2.82 bits per heavy atom. The minimum atomic E-state index is -0.852. The second-order valence-electron chi connectivity index (χ2n) is 6.88. The summed E-state index contributed by atoms with van der Waals surface area (Å²) in [5.41, 5.74) is 1.58. The lowest BCUT2D eigenvalue weighted by atomic mass is 9.82. The highest BCUT2D eigenvalue weighted by Crippen LogP contribution is 2.33. The summed E-state index contributed by atoms with van der Waals surface area (Å²) in [7, 11) is 1.83. The molecule has 2 N–H and O–H groups in total. The molecule has 11 heteroatoms. The van der Waals surface area contributed by atoms with E-state index in [1.54, 1.807) is 11.3 Å². The number of urea groups is 1. The Bertz CT molecular complexity index is 904. The van der Waals surface area contributed by atoms with Crippen LogP contribution in [0.1, 0.15) is 32.1 Å². The predicted octanol–water partition coefficient (Wildman–Crippen LogP) is 1.92. The lowest BCUT2D eigenvalue weighted by Crippen LogP contribution is -2.51. The first kappa shape index (κ1) is 18.9. The van der Waals surface area contributed by atoms with Gasteiger partial charge in [0.25, 0.3) is 5.91 Å². The van der Waals surface area contributed by atoms with Gasteiger partial charge < -0.3 is 9.88 Å². The summed E-state index contributed by atoms with van der Waals surface area (Å²) in [6.07, 6.45) is 4.07. The zero-order valence-electron chi connectivity index (χ0n) is 15.3. The van der Waals surface area contributed by atoms with Crippen molar-refractivity contribution >= 4 is 40.9 Å². The van der Waals surface area contributed by atoms with E-state index in [1.165, 1.54) is 11.8 Å². The first-order valence-corrected chi connectivity index (χ1v) is 10.9. The van der Waals surface area contributed by atoms with Crippen molar-refractivity contribution in [3.8, 4) is 10.7 Å². The van der Waals surface area contributed by atoms with Crippen LogP contribution in [-0.2, 0) is 16.6 Å². The van der Waals surface area contributed by atoms with Crippen LogP contribution in [0.2, 0.25) is 0 Å². The molecule has 1 saturated heterocycles. The summed E-state index contributed by atoms with van der Waals surface area (Å²) < 4.78 is 1.81. The van der Waals surface area contributed by atoms with Gasteiger partial charge in [0.1, 0.15) is 5.54 Å². The fourth-order valence-corrected chi connectivity index (χ4v) is 5.01. The van der Waals surface area contributed by atoms with Gasteiger partial charge in [0.2, 0.25) is 5.91 Å². The van der Waals surface area contributed by atoms with Gasteiger partial charge in [-0.15, -0.1) is 21.5 Å². The smallest absolute Gasteiger partial charge is 0.322 e. The molecule has 0 radical (unpaired) electrons. The van der Waals surface area contributed by atoms with Crippen LogP contribution in [0.4, 0.5) is 4.79 Å². The van der Waals surface area contributed by atoms with Crippen LogP contribution in [0.5, 0.6) is 0 Å². The Kier molecular flexibility index (Phi) is 5.11. The molecule has 148 valence electrons. The molecule has 1 saturated carbocycles. The highest BCUT2D eigenvalue weighted by molar-refractivity contribution is 7.99. The van der Waals surface area contributed by atoms with Gasteiger partial charge >= 0.3 is 6.03 Å². The number of thioether (sulfide) groups is 1. The average molecular weight is 421 g/mol. The number of rotatable bonds is 5. The standard InChI is InChI=1S/C17H20N6O3S2/c1-22-13(11-6-5-9-27-11)19-20-16(22)28-10-12(24)21-23-14(25)17(18-15(23)26)7-3-2-4-8-17/h5-6,9H,2-4,7-8,10H2,1H3,(H,18,26)(H,21,24). The number of imide groups is 1. The van der Waals surface area contributed by atoms with Crippen LogP contribution < -0.4 is 10.7 Å². The van der Waals surface area contributed by atoms with Gasteiger partial charge in [0.05, 0.1) is 10.6 Å². The normalized spacial score (nSPS) is 18.5. The molecule has 0 unspecified atom stereocenters. The topological polar surface area (TPSA) is 109 Å². The van der Waals surface area contributed by atoms with Gasteiger partial charge in [0.15, 0.2) is 11.0 Å². The van der Waals surface area contributed by atoms with Crippen LogP contribution in [0, 0.1) is 0 Å². The largest absolute Gasteiger partial charge is 0.344 e. The number of nitrogens with one attached hydrogen (secondary N) is 2. The molecule has 4 amide bonds. The Balaban J connectivity index is 1.36. The van der Waals surface area contributed by atoms with E-state index in [4.69, 9.17) is 0 Å². The van der Waals surface area contributed by atoms with Crippen molar-refractivity contribution in [3.05, 3.63) is 17.5 Å². The van der Waals surface area contributed by atoms with E-state index in [-0.39, 0.29) is 11.7 Å². The molecule has 9 nitrogen and oxygen atoms in total. The number of amides is 4. The average Bonchev–Trinajstić information content (AvgIpc) is 3.38. The number of carbonyl (C=O) groups excluding carboxylic acids is 3. The molecular weight excluding hydrogens is 400 g/mol. The van der Waals surface area contributed by atoms with E-state index in [0.717, 1.165) is 35.0 Å². The van der Waals surface area contributed by atoms with Crippen molar-refractivity contribution in [2.24, 2.45) is 7.05 Å². The maximum atomic E-state index is 12.7. The molecule has 2 aliphatic rings. The number of nitrogens with zero attached hydrogens (tertiary/aromatic N) is 4. The third-order valence-corrected chi connectivity index (χ3v) is 6.90. The molecule has 0 bridgehead atoms. The zero-order valence-corrected chi connectivity index (χ0v) is 16.9. The van der Waals surface area contributed by atoms with E-state index in [9.17, 15) is 14.4 Å².